The molecule has 0 spiro atoms. The molecule has 0 aromatic carbocycles. The Morgan fingerprint density at radius 3 is 2.64 bits per heavy atom. The molecule has 122 valence electrons. The van der Waals surface area contributed by atoms with Crippen LogP contribution in [0, 0.1) is 0 Å². The van der Waals surface area contributed by atoms with Crippen molar-refractivity contribution in [2.45, 2.75) is 64.2 Å². The average Bonchev–Trinajstić information content (AvgIpc) is 3.16. The second-order valence-electron chi connectivity index (χ2n) is 5.48. The number of hydrogen-bond donors (Lipinski definition) is 2. The monoisotopic (exact) mass is 310 g/mol. The number of aliphatic carboxylic acids is 1. The molecule has 0 bridgehead atoms. The van der Waals surface area contributed by atoms with E-state index in [1.54, 1.807) is 0 Å². The lowest BCUT2D eigenvalue weighted by atomic mass is 9.99. The van der Waals surface area contributed by atoms with Crippen LogP contribution in [0.5, 0.6) is 0 Å². The smallest absolute Gasteiger partial charge is 0.332 e. The maximum Gasteiger partial charge on any atom is 0.332 e. The highest BCUT2D eigenvalue weighted by molar-refractivity contribution is 5.82. The van der Waals surface area contributed by atoms with Crippen molar-refractivity contribution < 1.29 is 24.0 Å². The number of rotatable bonds is 7. The van der Waals surface area contributed by atoms with Crippen LogP contribution in [-0.2, 0) is 20.9 Å². The number of amides is 1. The zero-order valence-corrected chi connectivity index (χ0v) is 12.9. The molecule has 0 unspecified atom stereocenters. The van der Waals surface area contributed by atoms with Gasteiger partial charge in [-0.1, -0.05) is 19.0 Å². The molecule has 0 saturated carbocycles. The molecule has 2 rings (SSSR count). The summed E-state index contributed by atoms with van der Waals surface area (Å²) in [7, 11) is 0. The Hall–Kier alpha value is -1.89. The zero-order valence-electron chi connectivity index (χ0n) is 12.9. The van der Waals surface area contributed by atoms with Gasteiger partial charge in [-0.05, 0) is 25.7 Å². The van der Waals surface area contributed by atoms with Gasteiger partial charge in [-0.3, -0.25) is 4.79 Å². The van der Waals surface area contributed by atoms with Gasteiger partial charge in [0.05, 0.1) is 12.2 Å². The summed E-state index contributed by atoms with van der Waals surface area (Å²) in [6, 6.07) is 1.85. The van der Waals surface area contributed by atoms with Crippen molar-refractivity contribution in [3.8, 4) is 0 Å². The predicted molar refractivity (Wildman–Crippen MR) is 77.2 cm³/mol. The predicted octanol–water partition coefficient (Wildman–Crippen LogP) is 1.83. The summed E-state index contributed by atoms with van der Waals surface area (Å²) in [5.74, 6) is -0.393. The first kappa shape index (κ1) is 16.5. The van der Waals surface area contributed by atoms with Crippen LogP contribution < -0.4 is 5.32 Å². The molecule has 0 radical (unpaired) electrons. The SMILES string of the molecule is CCC(CC)c1cc(CNC(=O)[C@@H]2CC[C@H](C(=O)O)O2)on1. The molecule has 2 N–H and O–H groups in total. The number of nitrogens with zero attached hydrogens (tertiary/aromatic N) is 1. The van der Waals surface area contributed by atoms with Crippen LogP contribution in [0.4, 0.5) is 0 Å². The fraction of sp³-hybridized carbons (Fsp3) is 0.667. The van der Waals surface area contributed by atoms with Gasteiger partial charge < -0.3 is 19.7 Å². The summed E-state index contributed by atoms with van der Waals surface area (Å²) >= 11 is 0. The molecule has 0 aliphatic carbocycles. The van der Waals surface area contributed by atoms with E-state index in [4.69, 9.17) is 14.4 Å². The highest BCUT2D eigenvalue weighted by atomic mass is 16.5. The summed E-state index contributed by atoms with van der Waals surface area (Å²) in [5.41, 5.74) is 0.900. The fourth-order valence-electron chi connectivity index (χ4n) is 2.61. The third-order valence-corrected chi connectivity index (χ3v) is 4.01. The van der Waals surface area contributed by atoms with Gasteiger partial charge in [-0.15, -0.1) is 0 Å². The van der Waals surface area contributed by atoms with E-state index in [1.165, 1.54) is 0 Å². The standard InChI is InChI=1S/C15H22N2O5/c1-3-9(4-2)11-7-10(22-17-11)8-16-14(18)12-5-6-13(21-12)15(19)20/h7,9,12-13H,3-6,8H2,1-2H3,(H,16,18)(H,19,20)/t12-,13+/m0/s1. The minimum Gasteiger partial charge on any atom is -0.479 e. The first-order valence-corrected chi connectivity index (χ1v) is 7.66. The van der Waals surface area contributed by atoms with Gasteiger partial charge in [0.15, 0.2) is 11.9 Å². The molecule has 7 heteroatoms. The Bertz CT molecular complexity index is 524. The van der Waals surface area contributed by atoms with Crippen LogP contribution in [0.2, 0.25) is 0 Å². The fourth-order valence-corrected chi connectivity index (χ4v) is 2.61. The first-order valence-electron chi connectivity index (χ1n) is 7.66. The van der Waals surface area contributed by atoms with E-state index in [1.807, 2.05) is 6.07 Å². The first-order chi connectivity index (χ1) is 10.5. The Morgan fingerprint density at radius 2 is 2.05 bits per heavy atom. The highest BCUT2D eigenvalue weighted by Crippen LogP contribution is 2.23. The van der Waals surface area contributed by atoms with E-state index in [0.29, 0.717) is 24.5 Å². The lowest BCUT2D eigenvalue weighted by Crippen LogP contribution is -2.35. The Morgan fingerprint density at radius 1 is 1.36 bits per heavy atom. The molecule has 1 aromatic heterocycles. The minimum atomic E-state index is -1.03. The number of carbonyl (C=O) groups is 2. The Labute approximate surface area is 129 Å². The summed E-state index contributed by atoms with van der Waals surface area (Å²) in [4.78, 5) is 22.7. The quantitative estimate of drug-likeness (QED) is 0.796. The van der Waals surface area contributed by atoms with Gasteiger partial charge in [-0.25, -0.2) is 4.79 Å². The molecule has 1 amide bonds. The Balaban J connectivity index is 1.83. The van der Waals surface area contributed by atoms with Crippen LogP contribution in [0.1, 0.15) is 56.9 Å². The van der Waals surface area contributed by atoms with E-state index in [-0.39, 0.29) is 12.5 Å². The minimum absolute atomic E-state index is 0.226. The summed E-state index contributed by atoms with van der Waals surface area (Å²) in [6.45, 7) is 4.42. The van der Waals surface area contributed by atoms with Crippen molar-refractivity contribution in [3.63, 3.8) is 0 Å². The number of carboxylic acid groups (broad SMARTS) is 1. The largest absolute Gasteiger partial charge is 0.479 e. The van der Waals surface area contributed by atoms with Gasteiger partial charge in [0.25, 0.3) is 0 Å². The molecule has 7 nitrogen and oxygen atoms in total. The van der Waals surface area contributed by atoms with Crippen molar-refractivity contribution in [1.29, 1.82) is 0 Å². The summed E-state index contributed by atoms with van der Waals surface area (Å²) in [5, 5.41) is 15.6. The van der Waals surface area contributed by atoms with Crippen LogP contribution in [0.15, 0.2) is 10.6 Å². The third kappa shape index (κ3) is 3.85. The normalized spacial score (nSPS) is 21.2. The topological polar surface area (TPSA) is 102 Å². The van der Waals surface area contributed by atoms with Gasteiger partial charge >= 0.3 is 5.97 Å². The van der Waals surface area contributed by atoms with E-state index in [0.717, 1.165) is 18.5 Å². The van der Waals surface area contributed by atoms with Crippen molar-refractivity contribution in [2.75, 3.05) is 0 Å². The van der Waals surface area contributed by atoms with Crippen molar-refractivity contribution >= 4 is 11.9 Å². The maximum atomic E-state index is 11.9. The molecule has 1 saturated heterocycles. The van der Waals surface area contributed by atoms with E-state index < -0.39 is 18.2 Å². The van der Waals surface area contributed by atoms with Gasteiger partial charge in [0, 0.05) is 12.0 Å². The van der Waals surface area contributed by atoms with Crippen LogP contribution in [0.25, 0.3) is 0 Å². The number of carbonyl (C=O) groups excluding carboxylic acids is 1. The number of carboxylic acids is 1. The van der Waals surface area contributed by atoms with E-state index in [2.05, 4.69) is 24.3 Å². The number of hydrogen-bond acceptors (Lipinski definition) is 5. The van der Waals surface area contributed by atoms with Gasteiger partial charge in [0.2, 0.25) is 5.91 Å². The van der Waals surface area contributed by atoms with Crippen LogP contribution in [-0.4, -0.2) is 34.3 Å². The molecular weight excluding hydrogens is 288 g/mol. The van der Waals surface area contributed by atoms with Gasteiger partial charge in [0.1, 0.15) is 6.10 Å². The maximum absolute atomic E-state index is 11.9. The summed E-state index contributed by atoms with van der Waals surface area (Å²) in [6.07, 6.45) is 1.15. The second kappa shape index (κ2) is 7.40. The molecule has 1 aliphatic rings. The van der Waals surface area contributed by atoms with Gasteiger partial charge in [-0.2, -0.15) is 0 Å². The van der Waals surface area contributed by atoms with Crippen LogP contribution in [0.3, 0.4) is 0 Å². The molecule has 2 atom stereocenters. The zero-order chi connectivity index (χ0) is 16.1. The van der Waals surface area contributed by atoms with Crippen LogP contribution >= 0.6 is 0 Å². The van der Waals surface area contributed by atoms with Crippen molar-refractivity contribution in [1.82, 2.24) is 10.5 Å². The average molecular weight is 310 g/mol. The molecule has 22 heavy (non-hydrogen) atoms. The summed E-state index contributed by atoms with van der Waals surface area (Å²) < 4.78 is 10.4. The molecule has 1 fully saturated rings. The molecule has 1 aromatic rings. The lowest BCUT2D eigenvalue weighted by Gasteiger charge is -2.10. The molecule has 1 aliphatic heterocycles. The second-order valence-corrected chi connectivity index (χ2v) is 5.48. The molecule has 2 heterocycles. The highest BCUT2D eigenvalue weighted by Gasteiger charge is 2.34. The van der Waals surface area contributed by atoms with E-state index >= 15 is 0 Å². The van der Waals surface area contributed by atoms with Crippen molar-refractivity contribution in [3.05, 3.63) is 17.5 Å². The molecular formula is C15H22N2O5. The van der Waals surface area contributed by atoms with Crippen molar-refractivity contribution in [2.24, 2.45) is 0 Å². The Kier molecular flexibility index (Phi) is 5.54. The number of aromatic nitrogens is 1. The number of nitrogens with one attached hydrogen (secondary N) is 1. The lowest BCUT2D eigenvalue weighted by molar-refractivity contribution is -0.151. The third-order valence-electron chi connectivity index (χ3n) is 4.01. The van der Waals surface area contributed by atoms with E-state index in [9.17, 15) is 9.59 Å². The number of ether oxygens (including phenoxy) is 1.